The molecule has 2 fully saturated rings. The molecule has 5 rings (SSSR count). The van der Waals surface area contributed by atoms with Crippen molar-refractivity contribution in [2.24, 2.45) is 5.92 Å². The van der Waals surface area contributed by atoms with Crippen molar-refractivity contribution in [2.45, 2.75) is 18.7 Å². The van der Waals surface area contributed by atoms with Crippen LogP contribution < -0.4 is 5.06 Å². The highest BCUT2D eigenvalue weighted by molar-refractivity contribution is 6.31. The highest BCUT2D eigenvalue weighted by atomic mass is 35.5. The summed E-state index contributed by atoms with van der Waals surface area (Å²) < 4.78 is 0. The van der Waals surface area contributed by atoms with E-state index in [2.05, 4.69) is 0 Å². The minimum Gasteiger partial charge on any atom is -0.275 e. The van der Waals surface area contributed by atoms with Crippen LogP contribution in [0, 0.1) is 16.0 Å². The fourth-order valence-electron chi connectivity index (χ4n) is 4.38. The van der Waals surface area contributed by atoms with E-state index in [1.165, 1.54) is 28.2 Å². The zero-order valence-corrected chi connectivity index (χ0v) is 18.0. The first kappa shape index (κ1) is 21.1. The number of hydroxylamine groups is 1. The predicted molar refractivity (Wildman–Crippen MR) is 120 cm³/mol. The quantitative estimate of drug-likeness (QED) is 0.318. The van der Waals surface area contributed by atoms with Crippen molar-refractivity contribution in [2.75, 3.05) is 5.06 Å². The molecule has 0 aromatic heterocycles. The topological polar surface area (TPSA) is 93.0 Å². The lowest BCUT2D eigenvalue weighted by Crippen LogP contribution is -2.37. The second-order valence-corrected chi connectivity index (χ2v) is 8.28. The van der Waals surface area contributed by atoms with Gasteiger partial charge >= 0.3 is 0 Å². The third-order valence-electron chi connectivity index (χ3n) is 5.91. The number of nitro groups is 1. The zero-order valence-electron chi connectivity index (χ0n) is 17.2. The van der Waals surface area contributed by atoms with E-state index >= 15 is 0 Å². The first-order valence-corrected chi connectivity index (χ1v) is 10.7. The van der Waals surface area contributed by atoms with Gasteiger partial charge in [-0.2, -0.15) is 0 Å². The van der Waals surface area contributed by atoms with Gasteiger partial charge in [0.15, 0.2) is 6.10 Å². The Bertz CT molecular complexity index is 1240. The van der Waals surface area contributed by atoms with Crippen LogP contribution in [0.5, 0.6) is 0 Å². The Kier molecular flexibility index (Phi) is 5.32. The average Bonchev–Trinajstić information content (AvgIpc) is 3.32. The molecule has 33 heavy (non-hydrogen) atoms. The first-order chi connectivity index (χ1) is 16.0. The molecule has 2 saturated heterocycles. The molecule has 2 aliphatic heterocycles. The molecule has 2 aliphatic rings. The smallest absolute Gasteiger partial charge is 0.269 e. The molecule has 0 spiro atoms. The van der Waals surface area contributed by atoms with E-state index < -0.39 is 34.8 Å². The van der Waals surface area contributed by atoms with Crippen LogP contribution >= 0.6 is 11.6 Å². The number of nitrogens with zero attached hydrogens (tertiary/aromatic N) is 3. The number of imide groups is 1. The Hall–Kier alpha value is -3.75. The van der Waals surface area contributed by atoms with Gasteiger partial charge in [-0.15, -0.1) is 0 Å². The Morgan fingerprint density at radius 2 is 1.61 bits per heavy atom. The van der Waals surface area contributed by atoms with E-state index in [0.29, 0.717) is 11.3 Å². The number of hydrogen-bond donors (Lipinski definition) is 0. The van der Waals surface area contributed by atoms with E-state index in [-0.39, 0.29) is 17.3 Å². The number of hydrogen-bond acceptors (Lipinski definition) is 6. The molecule has 2 amide bonds. The number of benzene rings is 3. The minimum atomic E-state index is -1.05. The molecular weight excluding hydrogens is 446 g/mol. The highest BCUT2D eigenvalue weighted by Gasteiger charge is 2.60. The van der Waals surface area contributed by atoms with Crippen LogP contribution in [0.4, 0.5) is 11.4 Å². The number of nitro benzene ring substituents is 1. The molecule has 3 unspecified atom stereocenters. The van der Waals surface area contributed by atoms with Crippen LogP contribution in [0.3, 0.4) is 0 Å². The molecule has 0 bridgehead atoms. The van der Waals surface area contributed by atoms with Crippen LogP contribution in [-0.2, 0) is 21.0 Å². The van der Waals surface area contributed by atoms with Crippen molar-refractivity contribution >= 4 is 34.8 Å². The molecule has 3 aromatic carbocycles. The van der Waals surface area contributed by atoms with Gasteiger partial charge < -0.3 is 0 Å². The Morgan fingerprint density at radius 3 is 2.27 bits per heavy atom. The van der Waals surface area contributed by atoms with Gasteiger partial charge in [-0.05, 0) is 23.8 Å². The number of amides is 2. The molecule has 0 saturated carbocycles. The summed E-state index contributed by atoms with van der Waals surface area (Å²) in [6.07, 6.45) is -1.05. The van der Waals surface area contributed by atoms with Crippen molar-refractivity contribution in [3.05, 3.63) is 105 Å². The number of carbonyl (C=O) groups is 2. The van der Waals surface area contributed by atoms with Gasteiger partial charge in [-0.1, -0.05) is 60.1 Å². The zero-order chi connectivity index (χ0) is 23.1. The first-order valence-electron chi connectivity index (χ1n) is 10.3. The standard InChI is InChI=1S/C24H18ClN3O5/c25-19-12-11-17(28(31)32)13-18(19)21-20-22(33-27(21)16-9-5-2-6-10-16)24(30)26(23(20)29)14-15-7-3-1-4-8-15/h1-13,20-22H,14H2. The van der Waals surface area contributed by atoms with Gasteiger partial charge in [0.1, 0.15) is 5.92 Å². The van der Waals surface area contributed by atoms with Crippen LogP contribution in [-0.4, -0.2) is 27.7 Å². The number of non-ortho nitro benzene ring substituents is 1. The third-order valence-corrected chi connectivity index (χ3v) is 6.25. The molecule has 0 aliphatic carbocycles. The molecule has 9 heteroatoms. The Morgan fingerprint density at radius 1 is 0.939 bits per heavy atom. The fourth-order valence-corrected chi connectivity index (χ4v) is 4.61. The summed E-state index contributed by atoms with van der Waals surface area (Å²) in [5.74, 6) is -1.75. The van der Waals surface area contributed by atoms with E-state index in [1.807, 2.05) is 36.4 Å². The summed E-state index contributed by atoms with van der Waals surface area (Å²) in [6.45, 7) is 0.121. The number of carbonyl (C=O) groups excluding carboxylic acids is 2. The number of rotatable bonds is 5. The lowest BCUT2D eigenvalue weighted by molar-refractivity contribution is -0.384. The van der Waals surface area contributed by atoms with E-state index in [9.17, 15) is 19.7 Å². The van der Waals surface area contributed by atoms with E-state index in [0.717, 1.165) is 5.56 Å². The van der Waals surface area contributed by atoms with E-state index in [1.54, 1.807) is 24.3 Å². The third kappa shape index (κ3) is 3.63. The maximum Gasteiger partial charge on any atom is 0.269 e. The van der Waals surface area contributed by atoms with Crippen molar-refractivity contribution in [3.63, 3.8) is 0 Å². The summed E-state index contributed by atoms with van der Waals surface area (Å²) in [6, 6.07) is 21.4. The van der Waals surface area contributed by atoms with E-state index in [4.69, 9.17) is 16.4 Å². The van der Waals surface area contributed by atoms with Crippen molar-refractivity contribution in [1.82, 2.24) is 4.90 Å². The highest BCUT2D eigenvalue weighted by Crippen LogP contribution is 2.49. The number of fused-ring (bicyclic) bond motifs is 1. The summed E-state index contributed by atoms with van der Waals surface area (Å²) in [7, 11) is 0. The summed E-state index contributed by atoms with van der Waals surface area (Å²) in [5, 5.41) is 13.1. The summed E-state index contributed by atoms with van der Waals surface area (Å²) in [5.41, 5.74) is 1.60. The molecule has 8 nitrogen and oxygen atoms in total. The maximum absolute atomic E-state index is 13.5. The number of para-hydroxylation sites is 1. The molecule has 0 radical (unpaired) electrons. The molecule has 0 N–H and O–H groups in total. The largest absolute Gasteiger partial charge is 0.275 e. The second kappa shape index (κ2) is 8.31. The van der Waals surface area contributed by atoms with Crippen molar-refractivity contribution < 1.29 is 19.3 Å². The van der Waals surface area contributed by atoms with Gasteiger partial charge in [0.2, 0.25) is 5.91 Å². The Balaban J connectivity index is 1.58. The van der Waals surface area contributed by atoms with Crippen molar-refractivity contribution in [1.29, 1.82) is 0 Å². The lowest BCUT2D eigenvalue weighted by atomic mass is 9.90. The molecule has 3 atom stereocenters. The monoisotopic (exact) mass is 463 g/mol. The minimum absolute atomic E-state index is 0.121. The Labute approximate surface area is 194 Å². The second-order valence-electron chi connectivity index (χ2n) is 7.87. The van der Waals surface area contributed by atoms with Gasteiger partial charge in [0.05, 0.1) is 23.2 Å². The lowest BCUT2D eigenvalue weighted by Gasteiger charge is -2.29. The van der Waals surface area contributed by atoms with Crippen LogP contribution in [0.1, 0.15) is 17.2 Å². The molecule has 3 aromatic rings. The summed E-state index contributed by atoms with van der Waals surface area (Å²) in [4.78, 5) is 44.9. The van der Waals surface area contributed by atoms with Gasteiger partial charge in [0, 0.05) is 22.7 Å². The van der Waals surface area contributed by atoms with Crippen LogP contribution in [0.2, 0.25) is 5.02 Å². The number of likely N-dealkylation sites (tertiary alicyclic amines) is 1. The van der Waals surface area contributed by atoms with Crippen molar-refractivity contribution in [3.8, 4) is 0 Å². The SMILES string of the molecule is O=C1C2ON(c3ccccc3)C(c3cc([N+](=O)[O-])ccc3Cl)C2C(=O)N1Cc1ccccc1. The van der Waals surface area contributed by atoms with Crippen LogP contribution in [0.15, 0.2) is 78.9 Å². The normalized spacial score (nSPS) is 22.0. The number of anilines is 1. The summed E-state index contributed by atoms with van der Waals surface area (Å²) >= 11 is 6.46. The molecule has 2 heterocycles. The molecule has 166 valence electrons. The number of halogens is 1. The van der Waals surface area contributed by atoms with Crippen LogP contribution in [0.25, 0.3) is 0 Å². The van der Waals surface area contributed by atoms with Gasteiger partial charge in [0.25, 0.3) is 11.6 Å². The van der Waals surface area contributed by atoms with Gasteiger partial charge in [-0.25, -0.2) is 5.06 Å². The fraction of sp³-hybridized carbons (Fsp3) is 0.167. The maximum atomic E-state index is 13.5. The average molecular weight is 464 g/mol. The van der Waals surface area contributed by atoms with Gasteiger partial charge in [-0.3, -0.25) is 29.4 Å². The predicted octanol–water partition coefficient (Wildman–Crippen LogP) is 4.29. The molecular formula is C24H18ClN3O5.